The maximum Gasteiger partial charge on any atom is 0.307 e. The Bertz CT molecular complexity index is 426. The molecule has 1 aliphatic rings. The molecular formula is C15H21NO4. The largest absolute Gasteiger partial charge is 0.492 e. The van der Waals surface area contributed by atoms with E-state index in [1.54, 1.807) is 12.1 Å². The lowest BCUT2D eigenvalue weighted by atomic mass is 10.1. The highest BCUT2D eigenvalue weighted by Gasteiger charge is 2.17. The number of aliphatic carboxylic acids is 1. The van der Waals surface area contributed by atoms with Crippen LogP contribution < -0.4 is 4.74 Å². The molecule has 1 atom stereocenters. The third kappa shape index (κ3) is 4.51. The van der Waals surface area contributed by atoms with E-state index in [4.69, 9.17) is 14.6 Å². The quantitative estimate of drug-likeness (QED) is 0.853. The van der Waals surface area contributed by atoms with Crippen molar-refractivity contribution in [1.82, 2.24) is 4.90 Å². The van der Waals surface area contributed by atoms with Crippen LogP contribution >= 0.6 is 0 Å². The monoisotopic (exact) mass is 279 g/mol. The number of rotatable bonds is 6. The van der Waals surface area contributed by atoms with Gasteiger partial charge in [0.15, 0.2) is 0 Å². The van der Waals surface area contributed by atoms with Crippen molar-refractivity contribution >= 4 is 5.97 Å². The number of ether oxygens (including phenoxy) is 2. The van der Waals surface area contributed by atoms with E-state index in [1.165, 1.54) is 0 Å². The molecule has 0 aromatic heterocycles. The first-order valence-corrected chi connectivity index (χ1v) is 6.90. The van der Waals surface area contributed by atoms with Crippen LogP contribution in [-0.2, 0) is 16.0 Å². The summed E-state index contributed by atoms with van der Waals surface area (Å²) < 4.78 is 11.1. The van der Waals surface area contributed by atoms with Gasteiger partial charge >= 0.3 is 5.97 Å². The van der Waals surface area contributed by atoms with Gasteiger partial charge in [-0.25, -0.2) is 0 Å². The van der Waals surface area contributed by atoms with Gasteiger partial charge in [0, 0.05) is 19.1 Å². The average Bonchev–Trinajstić information content (AvgIpc) is 2.46. The van der Waals surface area contributed by atoms with Crippen LogP contribution in [0.25, 0.3) is 0 Å². The molecule has 0 bridgehead atoms. The lowest BCUT2D eigenvalue weighted by molar-refractivity contribution is -0.136. The third-order valence-electron chi connectivity index (χ3n) is 3.44. The normalized spacial score (nSPS) is 17.6. The Morgan fingerprint density at radius 1 is 1.35 bits per heavy atom. The Morgan fingerprint density at radius 2 is 2.00 bits per heavy atom. The zero-order valence-corrected chi connectivity index (χ0v) is 11.7. The average molecular weight is 279 g/mol. The minimum absolute atomic E-state index is 0.0461. The molecule has 0 radical (unpaired) electrons. The molecule has 1 aromatic carbocycles. The van der Waals surface area contributed by atoms with E-state index < -0.39 is 5.97 Å². The fourth-order valence-electron chi connectivity index (χ4n) is 2.22. The minimum atomic E-state index is -0.820. The maximum absolute atomic E-state index is 10.6. The van der Waals surface area contributed by atoms with E-state index in [9.17, 15) is 4.79 Å². The summed E-state index contributed by atoms with van der Waals surface area (Å²) in [6, 6.07) is 7.58. The van der Waals surface area contributed by atoms with Gasteiger partial charge in [0.25, 0.3) is 0 Å². The number of carboxylic acid groups (broad SMARTS) is 1. The van der Waals surface area contributed by atoms with Crippen molar-refractivity contribution in [3.63, 3.8) is 0 Å². The summed E-state index contributed by atoms with van der Waals surface area (Å²) in [6.07, 6.45) is 0.0461. The zero-order chi connectivity index (χ0) is 14.4. The SMILES string of the molecule is C[C@@H](COc1ccc(CC(=O)O)cc1)N1CCOCC1. The van der Waals surface area contributed by atoms with Crippen LogP contribution in [0.3, 0.4) is 0 Å². The second-order valence-corrected chi connectivity index (χ2v) is 5.02. The van der Waals surface area contributed by atoms with Crippen molar-refractivity contribution in [3.8, 4) is 5.75 Å². The van der Waals surface area contributed by atoms with Gasteiger partial charge in [-0.05, 0) is 24.6 Å². The lowest BCUT2D eigenvalue weighted by Gasteiger charge is -2.32. The van der Waals surface area contributed by atoms with Gasteiger partial charge < -0.3 is 14.6 Å². The zero-order valence-electron chi connectivity index (χ0n) is 11.7. The Morgan fingerprint density at radius 3 is 2.60 bits per heavy atom. The fraction of sp³-hybridized carbons (Fsp3) is 0.533. The summed E-state index contributed by atoms with van der Waals surface area (Å²) >= 11 is 0. The first-order valence-electron chi connectivity index (χ1n) is 6.90. The molecule has 1 fully saturated rings. The van der Waals surface area contributed by atoms with E-state index in [0.29, 0.717) is 12.6 Å². The predicted octanol–water partition coefficient (Wildman–Crippen LogP) is 1.41. The van der Waals surface area contributed by atoms with E-state index in [0.717, 1.165) is 37.6 Å². The summed E-state index contributed by atoms with van der Waals surface area (Å²) in [7, 11) is 0. The van der Waals surface area contributed by atoms with Gasteiger partial charge in [0.05, 0.1) is 19.6 Å². The minimum Gasteiger partial charge on any atom is -0.492 e. The maximum atomic E-state index is 10.6. The summed E-state index contributed by atoms with van der Waals surface area (Å²) in [5.41, 5.74) is 0.783. The number of nitrogens with zero attached hydrogens (tertiary/aromatic N) is 1. The predicted molar refractivity (Wildman–Crippen MR) is 75.1 cm³/mol. The van der Waals surface area contributed by atoms with Gasteiger partial charge in [-0.15, -0.1) is 0 Å². The molecule has 0 amide bonds. The highest BCUT2D eigenvalue weighted by Crippen LogP contribution is 2.14. The van der Waals surface area contributed by atoms with Crippen molar-refractivity contribution in [2.24, 2.45) is 0 Å². The second kappa shape index (κ2) is 7.26. The van der Waals surface area contributed by atoms with Crippen molar-refractivity contribution < 1.29 is 19.4 Å². The van der Waals surface area contributed by atoms with Crippen molar-refractivity contribution in [2.45, 2.75) is 19.4 Å². The van der Waals surface area contributed by atoms with E-state index in [-0.39, 0.29) is 6.42 Å². The van der Waals surface area contributed by atoms with Crippen molar-refractivity contribution in [2.75, 3.05) is 32.9 Å². The highest BCUT2D eigenvalue weighted by atomic mass is 16.5. The van der Waals surface area contributed by atoms with Crippen LogP contribution in [0, 0.1) is 0 Å². The van der Waals surface area contributed by atoms with Gasteiger partial charge in [-0.1, -0.05) is 12.1 Å². The standard InChI is InChI=1S/C15H21NO4/c1-12(16-6-8-19-9-7-16)11-20-14-4-2-13(3-5-14)10-15(17)18/h2-5,12H,6-11H2,1H3,(H,17,18)/t12-/m0/s1. The molecule has 0 unspecified atom stereocenters. The third-order valence-corrected chi connectivity index (χ3v) is 3.44. The molecule has 2 rings (SSSR count). The number of benzene rings is 1. The highest BCUT2D eigenvalue weighted by molar-refractivity contribution is 5.70. The Hall–Kier alpha value is -1.59. The molecule has 1 aromatic rings. The molecule has 0 spiro atoms. The molecular weight excluding hydrogens is 258 g/mol. The molecule has 110 valence electrons. The first-order chi connectivity index (χ1) is 9.65. The van der Waals surface area contributed by atoms with Crippen LogP contribution in [0.15, 0.2) is 24.3 Å². The molecule has 0 aliphatic carbocycles. The smallest absolute Gasteiger partial charge is 0.307 e. The van der Waals surface area contributed by atoms with E-state index >= 15 is 0 Å². The van der Waals surface area contributed by atoms with Crippen LogP contribution in [0.2, 0.25) is 0 Å². The van der Waals surface area contributed by atoms with Crippen LogP contribution in [0.5, 0.6) is 5.75 Å². The lowest BCUT2D eigenvalue weighted by Crippen LogP contribution is -2.44. The number of hydrogen-bond donors (Lipinski definition) is 1. The van der Waals surface area contributed by atoms with Gasteiger partial charge in [-0.3, -0.25) is 9.69 Å². The number of morpholine rings is 1. The second-order valence-electron chi connectivity index (χ2n) is 5.02. The van der Waals surface area contributed by atoms with E-state index in [2.05, 4.69) is 11.8 Å². The van der Waals surface area contributed by atoms with E-state index in [1.807, 2.05) is 12.1 Å². The number of carboxylic acids is 1. The van der Waals surface area contributed by atoms with Crippen LogP contribution in [-0.4, -0.2) is 54.9 Å². The summed E-state index contributed by atoms with van der Waals surface area (Å²) in [5.74, 6) is -0.0427. The number of hydrogen-bond acceptors (Lipinski definition) is 4. The molecule has 1 aliphatic heterocycles. The van der Waals surface area contributed by atoms with Crippen molar-refractivity contribution in [3.05, 3.63) is 29.8 Å². The summed E-state index contributed by atoms with van der Waals surface area (Å²) in [4.78, 5) is 12.9. The fourth-order valence-corrected chi connectivity index (χ4v) is 2.22. The summed E-state index contributed by atoms with van der Waals surface area (Å²) in [5, 5.41) is 8.71. The first kappa shape index (κ1) is 14.8. The topological polar surface area (TPSA) is 59.0 Å². The van der Waals surface area contributed by atoms with Gasteiger partial charge in [0.1, 0.15) is 12.4 Å². The molecule has 5 nitrogen and oxygen atoms in total. The molecule has 1 saturated heterocycles. The molecule has 1 heterocycles. The Balaban J connectivity index is 1.79. The van der Waals surface area contributed by atoms with Crippen LogP contribution in [0.1, 0.15) is 12.5 Å². The summed E-state index contributed by atoms with van der Waals surface area (Å²) in [6.45, 7) is 6.23. The Kier molecular flexibility index (Phi) is 5.38. The number of carbonyl (C=O) groups is 1. The molecule has 20 heavy (non-hydrogen) atoms. The molecule has 1 N–H and O–H groups in total. The van der Waals surface area contributed by atoms with Gasteiger partial charge in [-0.2, -0.15) is 0 Å². The Labute approximate surface area is 119 Å². The molecule has 0 saturated carbocycles. The molecule has 5 heteroatoms. The van der Waals surface area contributed by atoms with Gasteiger partial charge in [0.2, 0.25) is 0 Å². The van der Waals surface area contributed by atoms with Crippen LogP contribution in [0.4, 0.5) is 0 Å². The van der Waals surface area contributed by atoms with Crippen molar-refractivity contribution in [1.29, 1.82) is 0 Å².